The zero-order chi connectivity index (χ0) is 10.8. The Bertz CT molecular complexity index is 375. The van der Waals surface area contributed by atoms with E-state index in [0.717, 1.165) is 0 Å². The second-order valence-electron chi connectivity index (χ2n) is 3.77. The highest BCUT2D eigenvalue weighted by atomic mass is 35.5. The maximum Gasteiger partial charge on any atom is 0.253 e. The van der Waals surface area contributed by atoms with Crippen molar-refractivity contribution in [2.45, 2.75) is 0 Å². The predicted octanol–water partition coefficient (Wildman–Crippen LogP) is 1.40. The lowest BCUT2D eigenvalue weighted by molar-refractivity contribution is 0.0362. The number of aliphatic hydroxyl groups excluding tert-OH is 1. The third-order valence-corrected chi connectivity index (χ3v) is 2.81. The Balaban J connectivity index is 2.03. The summed E-state index contributed by atoms with van der Waals surface area (Å²) in [6, 6.07) is 6.92. The first kappa shape index (κ1) is 10.5. The molecule has 0 aromatic heterocycles. The van der Waals surface area contributed by atoms with Crippen LogP contribution >= 0.6 is 11.6 Å². The summed E-state index contributed by atoms with van der Waals surface area (Å²) in [5.74, 6) is 0.232. The van der Waals surface area contributed by atoms with Crippen LogP contribution in [-0.2, 0) is 0 Å². The molecule has 15 heavy (non-hydrogen) atoms. The van der Waals surface area contributed by atoms with Crippen LogP contribution < -0.4 is 0 Å². The van der Waals surface area contributed by atoms with Gasteiger partial charge in [0.2, 0.25) is 0 Å². The molecule has 80 valence electrons. The van der Waals surface area contributed by atoms with E-state index in [9.17, 15) is 4.79 Å². The van der Waals surface area contributed by atoms with E-state index in [-0.39, 0.29) is 18.4 Å². The SMILES string of the molecule is O=C(c1cccc(Cl)c1)N1CC(CO)C1. The molecule has 1 amide bonds. The van der Waals surface area contributed by atoms with Crippen molar-refractivity contribution in [2.75, 3.05) is 19.7 Å². The van der Waals surface area contributed by atoms with Crippen LogP contribution in [0.1, 0.15) is 10.4 Å². The predicted molar refractivity (Wildman–Crippen MR) is 57.9 cm³/mol. The van der Waals surface area contributed by atoms with Crippen LogP contribution in [0.2, 0.25) is 5.02 Å². The summed E-state index contributed by atoms with van der Waals surface area (Å²) in [4.78, 5) is 13.5. The van der Waals surface area contributed by atoms with Gasteiger partial charge in [-0.25, -0.2) is 0 Å². The van der Waals surface area contributed by atoms with Crippen molar-refractivity contribution in [3.05, 3.63) is 34.9 Å². The smallest absolute Gasteiger partial charge is 0.253 e. The van der Waals surface area contributed by atoms with Crippen LogP contribution in [0.15, 0.2) is 24.3 Å². The van der Waals surface area contributed by atoms with Gasteiger partial charge in [-0.15, -0.1) is 0 Å². The van der Waals surface area contributed by atoms with Gasteiger partial charge in [0.25, 0.3) is 5.91 Å². The third-order valence-electron chi connectivity index (χ3n) is 2.57. The standard InChI is InChI=1S/C11H12ClNO2/c12-10-3-1-2-9(4-10)11(15)13-5-8(6-13)7-14/h1-4,8,14H,5-7H2. The van der Waals surface area contributed by atoms with Crippen LogP contribution in [0.3, 0.4) is 0 Å². The zero-order valence-corrected chi connectivity index (χ0v) is 8.94. The van der Waals surface area contributed by atoms with Gasteiger partial charge in [-0.3, -0.25) is 4.79 Å². The maximum atomic E-state index is 11.8. The van der Waals surface area contributed by atoms with Crippen molar-refractivity contribution >= 4 is 17.5 Å². The van der Waals surface area contributed by atoms with Crippen LogP contribution in [0.25, 0.3) is 0 Å². The maximum absolute atomic E-state index is 11.8. The first-order valence-corrected chi connectivity index (χ1v) is 5.24. The molecule has 0 aliphatic carbocycles. The number of hydrogen-bond acceptors (Lipinski definition) is 2. The molecule has 4 heteroatoms. The molecule has 0 spiro atoms. The minimum atomic E-state index is -0.0119. The van der Waals surface area contributed by atoms with Gasteiger partial charge in [-0.05, 0) is 18.2 Å². The minimum Gasteiger partial charge on any atom is -0.396 e. The van der Waals surface area contributed by atoms with E-state index in [0.29, 0.717) is 23.7 Å². The highest BCUT2D eigenvalue weighted by molar-refractivity contribution is 6.30. The number of carbonyl (C=O) groups is 1. The fraction of sp³-hybridized carbons (Fsp3) is 0.364. The molecule has 1 aromatic carbocycles. The second-order valence-corrected chi connectivity index (χ2v) is 4.21. The Morgan fingerprint density at radius 3 is 2.87 bits per heavy atom. The highest BCUT2D eigenvalue weighted by Gasteiger charge is 2.30. The lowest BCUT2D eigenvalue weighted by Gasteiger charge is -2.38. The molecule has 1 heterocycles. The summed E-state index contributed by atoms with van der Waals surface area (Å²) >= 11 is 5.80. The van der Waals surface area contributed by atoms with E-state index >= 15 is 0 Å². The summed E-state index contributed by atoms with van der Waals surface area (Å²) in [5, 5.41) is 9.41. The number of amides is 1. The average Bonchev–Trinajstić information content (AvgIpc) is 2.16. The lowest BCUT2D eigenvalue weighted by Crippen LogP contribution is -2.51. The Morgan fingerprint density at radius 1 is 1.53 bits per heavy atom. The van der Waals surface area contributed by atoms with Gasteiger partial charge in [0, 0.05) is 36.2 Å². The molecule has 1 N–H and O–H groups in total. The van der Waals surface area contributed by atoms with Gasteiger partial charge in [-0.2, -0.15) is 0 Å². The fourth-order valence-corrected chi connectivity index (χ4v) is 1.85. The largest absolute Gasteiger partial charge is 0.396 e. The monoisotopic (exact) mass is 225 g/mol. The first-order chi connectivity index (χ1) is 7.20. The number of aliphatic hydroxyl groups is 1. The van der Waals surface area contributed by atoms with Gasteiger partial charge in [-0.1, -0.05) is 17.7 Å². The molecular formula is C11H12ClNO2. The molecule has 1 aromatic rings. The van der Waals surface area contributed by atoms with E-state index in [2.05, 4.69) is 0 Å². The Labute approximate surface area is 93.3 Å². The summed E-state index contributed by atoms with van der Waals surface area (Å²) in [6.07, 6.45) is 0. The Kier molecular flexibility index (Phi) is 2.93. The first-order valence-electron chi connectivity index (χ1n) is 4.86. The van der Waals surface area contributed by atoms with Crippen molar-refractivity contribution in [1.82, 2.24) is 4.90 Å². The number of rotatable bonds is 2. The second kappa shape index (κ2) is 4.21. The fourth-order valence-electron chi connectivity index (χ4n) is 1.66. The molecule has 2 rings (SSSR count). The van der Waals surface area contributed by atoms with Crippen molar-refractivity contribution in [1.29, 1.82) is 0 Å². The molecule has 0 radical (unpaired) electrons. The van der Waals surface area contributed by atoms with E-state index < -0.39 is 0 Å². The van der Waals surface area contributed by atoms with Crippen LogP contribution in [0, 0.1) is 5.92 Å². The molecule has 0 atom stereocenters. The molecule has 1 saturated heterocycles. The van der Waals surface area contributed by atoms with Crippen LogP contribution in [0.4, 0.5) is 0 Å². The molecule has 0 saturated carbocycles. The number of halogens is 1. The number of nitrogens with zero attached hydrogens (tertiary/aromatic N) is 1. The van der Waals surface area contributed by atoms with E-state index in [4.69, 9.17) is 16.7 Å². The number of likely N-dealkylation sites (tertiary alicyclic amines) is 1. The number of benzene rings is 1. The van der Waals surface area contributed by atoms with Gasteiger partial charge < -0.3 is 10.0 Å². The topological polar surface area (TPSA) is 40.5 Å². The molecule has 1 fully saturated rings. The zero-order valence-electron chi connectivity index (χ0n) is 8.19. The number of carbonyl (C=O) groups excluding carboxylic acids is 1. The lowest BCUT2D eigenvalue weighted by atomic mass is 10.00. The van der Waals surface area contributed by atoms with Crippen molar-refractivity contribution in [3.8, 4) is 0 Å². The normalized spacial score (nSPS) is 16.3. The minimum absolute atomic E-state index is 0.0119. The van der Waals surface area contributed by atoms with Crippen LogP contribution in [-0.4, -0.2) is 35.6 Å². The Morgan fingerprint density at radius 2 is 2.27 bits per heavy atom. The quantitative estimate of drug-likeness (QED) is 0.827. The van der Waals surface area contributed by atoms with Crippen molar-refractivity contribution < 1.29 is 9.90 Å². The van der Waals surface area contributed by atoms with E-state index in [1.807, 2.05) is 0 Å². The molecule has 0 bridgehead atoms. The van der Waals surface area contributed by atoms with Gasteiger partial charge in [0.15, 0.2) is 0 Å². The molecular weight excluding hydrogens is 214 g/mol. The molecule has 3 nitrogen and oxygen atoms in total. The highest BCUT2D eigenvalue weighted by Crippen LogP contribution is 2.19. The van der Waals surface area contributed by atoms with Crippen molar-refractivity contribution in [2.24, 2.45) is 5.92 Å². The van der Waals surface area contributed by atoms with E-state index in [1.165, 1.54) is 0 Å². The van der Waals surface area contributed by atoms with E-state index in [1.54, 1.807) is 29.2 Å². The van der Waals surface area contributed by atoms with Crippen LogP contribution in [0.5, 0.6) is 0 Å². The summed E-state index contributed by atoms with van der Waals surface area (Å²) in [5.41, 5.74) is 0.610. The molecule has 1 aliphatic rings. The summed E-state index contributed by atoms with van der Waals surface area (Å²) in [6.45, 7) is 1.43. The molecule has 0 unspecified atom stereocenters. The number of hydrogen-bond donors (Lipinski definition) is 1. The van der Waals surface area contributed by atoms with Crippen molar-refractivity contribution in [3.63, 3.8) is 0 Å². The van der Waals surface area contributed by atoms with Gasteiger partial charge in [0.05, 0.1) is 0 Å². The van der Waals surface area contributed by atoms with Gasteiger partial charge >= 0.3 is 0 Å². The molecule has 1 aliphatic heterocycles. The average molecular weight is 226 g/mol. The Hall–Kier alpha value is -1.06. The summed E-state index contributed by atoms with van der Waals surface area (Å²) in [7, 11) is 0. The third kappa shape index (κ3) is 2.13. The van der Waals surface area contributed by atoms with Gasteiger partial charge in [0.1, 0.15) is 0 Å². The summed E-state index contributed by atoms with van der Waals surface area (Å²) < 4.78 is 0.